The van der Waals surface area contributed by atoms with Gasteiger partial charge in [0, 0.05) is 41.5 Å². The van der Waals surface area contributed by atoms with Gasteiger partial charge >= 0.3 is 0 Å². The Labute approximate surface area is 188 Å². The van der Waals surface area contributed by atoms with Crippen molar-refractivity contribution in [3.8, 4) is 11.1 Å². The minimum Gasteiger partial charge on any atom is -0.362 e. The first-order valence-electron chi connectivity index (χ1n) is 11.2. The number of nitrogens with one attached hydrogen (secondary N) is 2. The molecule has 0 aliphatic carbocycles. The van der Waals surface area contributed by atoms with Gasteiger partial charge in [-0.05, 0) is 51.3 Å². The molecule has 3 aliphatic heterocycles. The number of carbonyl (C=O) groups excluding carboxylic acids is 1. The van der Waals surface area contributed by atoms with Crippen molar-refractivity contribution in [3.63, 3.8) is 0 Å². The lowest BCUT2D eigenvalue weighted by molar-refractivity contribution is -0.120. The van der Waals surface area contributed by atoms with Gasteiger partial charge < -0.3 is 10.6 Å². The van der Waals surface area contributed by atoms with Crippen molar-refractivity contribution < 1.29 is 4.79 Å². The monoisotopic (exact) mass is 430 g/mol. The Balaban J connectivity index is 1.75. The van der Waals surface area contributed by atoms with E-state index in [0.29, 0.717) is 0 Å². The van der Waals surface area contributed by atoms with Gasteiger partial charge in [0.25, 0.3) is 5.91 Å². The van der Waals surface area contributed by atoms with E-state index < -0.39 is 5.41 Å². The standard InChI is InChI=1S/C25H30N6O/c1-7-25(17-10-8-9-16(11-17)20-14(2)30-31(6)15(20)3)18-13-26-29-22(18)27-19-12-24(4,5)28-23(32)21(19)25/h8-11,13,22,27H,7,12H2,1-6H3,(H,28,32). The summed E-state index contributed by atoms with van der Waals surface area (Å²) in [5.41, 5.74) is 7.37. The minimum atomic E-state index is -0.588. The number of nitrogens with zero attached hydrogens (tertiary/aromatic N) is 4. The summed E-state index contributed by atoms with van der Waals surface area (Å²) in [5.74, 6) is -0.0176. The molecule has 1 aromatic carbocycles. The fraction of sp³-hybridized carbons (Fsp3) is 0.440. The van der Waals surface area contributed by atoms with Gasteiger partial charge in [0.05, 0.1) is 22.9 Å². The summed E-state index contributed by atoms with van der Waals surface area (Å²) < 4.78 is 1.92. The maximum Gasteiger partial charge on any atom is 0.250 e. The second kappa shape index (κ2) is 6.89. The number of aryl methyl sites for hydroxylation is 2. The molecule has 2 aromatic rings. The zero-order valence-corrected chi connectivity index (χ0v) is 19.6. The normalized spacial score (nSPS) is 25.8. The Kier molecular flexibility index (Phi) is 4.45. The number of rotatable bonds is 3. The van der Waals surface area contributed by atoms with Gasteiger partial charge in [-0.2, -0.15) is 15.3 Å². The van der Waals surface area contributed by atoms with Crippen molar-refractivity contribution in [2.75, 3.05) is 0 Å². The average molecular weight is 431 g/mol. The maximum absolute atomic E-state index is 13.5. The number of hydrogen-bond donors (Lipinski definition) is 2. The smallest absolute Gasteiger partial charge is 0.250 e. The Bertz CT molecular complexity index is 1230. The fourth-order valence-electron chi connectivity index (χ4n) is 5.74. The molecule has 0 saturated heterocycles. The first-order valence-corrected chi connectivity index (χ1v) is 11.2. The molecule has 0 radical (unpaired) electrons. The van der Waals surface area contributed by atoms with Crippen LogP contribution in [0.25, 0.3) is 11.1 Å². The summed E-state index contributed by atoms with van der Waals surface area (Å²) in [6, 6.07) is 8.56. The lowest BCUT2D eigenvalue weighted by Crippen LogP contribution is -2.58. The van der Waals surface area contributed by atoms with Gasteiger partial charge in [-0.25, -0.2) is 0 Å². The topological polar surface area (TPSA) is 83.7 Å². The molecule has 4 heterocycles. The number of benzene rings is 1. The number of amides is 1. The van der Waals surface area contributed by atoms with Gasteiger partial charge in [-0.15, -0.1) is 0 Å². The summed E-state index contributed by atoms with van der Waals surface area (Å²) in [6.07, 6.45) is 3.07. The van der Waals surface area contributed by atoms with Crippen LogP contribution in [-0.4, -0.2) is 27.4 Å². The van der Waals surface area contributed by atoms with Crippen LogP contribution in [0.1, 0.15) is 50.6 Å². The molecule has 0 spiro atoms. The fourth-order valence-corrected chi connectivity index (χ4v) is 5.74. The van der Waals surface area contributed by atoms with Gasteiger partial charge in [0.1, 0.15) is 0 Å². The minimum absolute atomic E-state index is 0.0176. The molecule has 0 saturated carbocycles. The van der Waals surface area contributed by atoms with Crippen LogP contribution in [0.3, 0.4) is 0 Å². The molecule has 32 heavy (non-hydrogen) atoms. The van der Waals surface area contributed by atoms with Crippen LogP contribution in [-0.2, 0) is 17.3 Å². The maximum atomic E-state index is 13.5. The predicted molar refractivity (Wildman–Crippen MR) is 124 cm³/mol. The van der Waals surface area contributed by atoms with Crippen molar-refractivity contribution in [2.45, 2.75) is 64.6 Å². The molecule has 166 valence electrons. The summed E-state index contributed by atoms with van der Waals surface area (Å²) in [7, 11) is 1.97. The van der Waals surface area contributed by atoms with E-state index in [-0.39, 0.29) is 17.6 Å². The molecule has 0 bridgehead atoms. The van der Waals surface area contributed by atoms with Crippen LogP contribution in [0.15, 0.2) is 57.5 Å². The lowest BCUT2D eigenvalue weighted by Gasteiger charge is -2.48. The second-order valence-electron chi connectivity index (χ2n) is 9.74. The summed E-state index contributed by atoms with van der Waals surface area (Å²) in [5, 5.41) is 20.0. The third-order valence-electron chi connectivity index (χ3n) is 7.19. The predicted octanol–water partition coefficient (Wildman–Crippen LogP) is 4.18. The van der Waals surface area contributed by atoms with E-state index in [9.17, 15) is 4.79 Å². The van der Waals surface area contributed by atoms with Crippen molar-refractivity contribution in [2.24, 2.45) is 17.3 Å². The highest BCUT2D eigenvalue weighted by molar-refractivity contribution is 6.00. The van der Waals surface area contributed by atoms with E-state index >= 15 is 0 Å². The molecular weight excluding hydrogens is 400 g/mol. The number of aromatic nitrogens is 2. The molecule has 1 aromatic heterocycles. The van der Waals surface area contributed by atoms with Crippen LogP contribution < -0.4 is 10.6 Å². The Morgan fingerprint density at radius 3 is 2.72 bits per heavy atom. The Morgan fingerprint density at radius 2 is 2.03 bits per heavy atom. The molecule has 7 nitrogen and oxygen atoms in total. The van der Waals surface area contributed by atoms with Crippen LogP contribution in [0.4, 0.5) is 0 Å². The number of carbonyl (C=O) groups is 1. The van der Waals surface area contributed by atoms with Gasteiger partial charge in [-0.3, -0.25) is 9.48 Å². The summed E-state index contributed by atoms with van der Waals surface area (Å²) in [4.78, 5) is 13.5. The zero-order valence-electron chi connectivity index (χ0n) is 19.6. The summed E-state index contributed by atoms with van der Waals surface area (Å²) >= 11 is 0. The number of hydrogen-bond acceptors (Lipinski definition) is 5. The van der Waals surface area contributed by atoms with E-state index in [1.54, 1.807) is 0 Å². The van der Waals surface area contributed by atoms with Gasteiger partial charge in [0.2, 0.25) is 0 Å². The second-order valence-corrected chi connectivity index (χ2v) is 9.74. The number of azo groups is 1. The largest absolute Gasteiger partial charge is 0.362 e. The molecule has 0 fully saturated rings. The first-order chi connectivity index (χ1) is 15.2. The molecule has 2 N–H and O–H groups in total. The lowest BCUT2D eigenvalue weighted by atomic mass is 9.62. The molecule has 2 atom stereocenters. The van der Waals surface area contributed by atoms with E-state index in [2.05, 4.69) is 77.9 Å². The molecule has 1 amide bonds. The van der Waals surface area contributed by atoms with Crippen molar-refractivity contribution in [1.29, 1.82) is 0 Å². The van der Waals surface area contributed by atoms with Crippen molar-refractivity contribution >= 4 is 5.91 Å². The van der Waals surface area contributed by atoms with Crippen LogP contribution in [0.5, 0.6) is 0 Å². The van der Waals surface area contributed by atoms with E-state index in [4.69, 9.17) is 0 Å². The highest BCUT2D eigenvalue weighted by Crippen LogP contribution is 2.51. The van der Waals surface area contributed by atoms with Crippen LogP contribution in [0, 0.1) is 13.8 Å². The molecule has 5 rings (SSSR count). The molecular formula is C25H30N6O. The highest BCUT2D eigenvalue weighted by atomic mass is 16.2. The van der Waals surface area contributed by atoms with Crippen LogP contribution in [0.2, 0.25) is 0 Å². The Morgan fingerprint density at radius 1 is 1.25 bits per heavy atom. The zero-order chi connectivity index (χ0) is 22.8. The Hall–Kier alpha value is -3.22. The number of fused-ring (bicyclic) bond motifs is 1. The van der Waals surface area contributed by atoms with E-state index in [1.165, 1.54) is 0 Å². The third kappa shape index (κ3) is 2.80. The first kappa shape index (κ1) is 20.7. The molecule has 3 aliphatic rings. The van der Waals surface area contributed by atoms with Crippen molar-refractivity contribution in [1.82, 2.24) is 20.4 Å². The molecule has 7 heteroatoms. The highest BCUT2D eigenvalue weighted by Gasteiger charge is 2.53. The summed E-state index contributed by atoms with van der Waals surface area (Å²) in [6.45, 7) is 10.4. The molecule has 2 unspecified atom stereocenters. The van der Waals surface area contributed by atoms with Gasteiger partial charge in [-0.1, -0.05) is 25.1 Å². The quantitative estimate of drug-likeness (QED) is 0.766. The average Bonchev–Trinajstić information content (AvgIpc) is 3.29. The SMILES string of the molecule is CCC1(c2cccc(-c3c(C)nn(C)c3C)c2)C2=CN=NC2NC2=C1C(=O)NC(C)(C)C2. The van der Waals surface area contributed by atoms with Gasteiger partial charge in [0.15, 0.2) is 6.17 Å². The third-order valence-corrected chi connectivity index (χ3v) is 7.19. The van der Waals surface area contributed by atoms with Crippen molar-refractivity contribution in [3.05, 3.63) is 64.3 Å². The van der Waals surface area contributed by atoms with E-state index in [0.717, 1.165) is 57.8 Å². The van der Waals surface area contributed by atoms with E-state index in [1.807, 2.05) is 24.9 Å². The van der Waals surface area contributed by atoms with Crippen LogP contribution >= 0.6 is 0 Å².